The van der Waals surface area contributed by atoms with Gasteiger partial charge in [0, 0.05) is 26.7 Å². The molecule has 194 valence electrons. The minimum absolute atomic E-state index is 0.0379. The molecule has 4 rings (SSSR count). The second-order valence-electron chi connectivity index (χ2n) is 9.78. The topological polar surface area (TPSA) is 90.4 Å². The molecule has 9 heteroatoms. The summed E-state index contributed by atoms with van der Waals surface area (Å²) in [5.41, 5.74) is -1.50. The van der Waals surface area contributed by atoms with E-state index in [4.69, 9.17) is 16.3 Å². The number of fused-ring (bicyclic) bond motifs is 1. The smallest absolute Gasteiger partial charge is 0.253 e. The average Bonchev–Trinajstić information content (AvgIpc) is 3.46. The SMILES string of the molecule is C=CCN(C)C(=O)[C@@H]1[C@H]2C(=O)N(CCO)C(C(=O)N(CC=C)c3ccccc3Cl)C23CC[C@@]1(CC)O3. The number of ether oxygens (including phenoxy) is 1. The molecule has 3 amide bonds. The third-order valence-corrected chi connectivity index (χ3v) is 8.34. The van der Waals surface area contributed by atoms with Crippen molar-refractivity contribution in [2.75, 3.05) is 38.2 Å². The van der Waals surface area contributed by atoms with Gasteiger partial charge in [-0.05, 0) is 31.4 Å². The lowest BCUT2D eigenvalue weighted by Crippen LogP contribution is -2.57. The van der Waals surface area contributed by atoms with E-state index in [1.165, 1.54) is 9.80 Å². The maximum atomic E-state index is 14.3. The van der Waals surface area contributed by atoms with Gasteiger partial charge in [-0.3, -0.25) is 14.4 Å². The Morgan fingerprint density at radius 3 is 2.53 bits per heavy atom. The number of carbonyl (C=O) groups is 3. The van der Waals surface area contributed by atoms with Crippen molar-refractivity contribution in [2.45, 2.75) is 43.4 Å². The number of nitrogens with zero attached hydrogens (tertiary/aromatic N) is 3. The lowest BCUT2D eigenvalue weighted by molar-refractivity contribution is -0.150. The summed E-state index contributed by atoms with van der Waals surface area (Å²) in [6.45, 7) is 9.62. The second kappa shape index (κ2) is 10.00. The molecule has 3 aliphatic rings. The summed E-state index contributed by atoms with van der Waals surface area (Å²) in [7, 11) is 1.68. The maximum absolute atomic E-state index is 14.3. The van der Waals surface area contributed by atoms with Crippen molar-refractivity contribution in [3.05, 3.63) is 54.6 Å². The largest absolute Gasteiger partial charge is 0.395 e. The van der Waals surface area contributed by atoms with Crippen LogP contribution in [0.4, 0.5) is 5.69 Å². The lowest BCUT2D eigenvalue weighted by atomic mass is 9.64. The van der Waals surface area contributed by atoms with E-state index < -0.39 is 29.1 Å². The van der Waals surface area contributed by atoms with Crippen LogP contribution in [0.25, 0.3) is 0 Å². The van der Waals surface area contributed by atoms with Crippen molar-refractivity contribution in [2.24, 2.45) is 11.8 Å². The Morgan fingerprint density at radius 1 is 1.22 bits per heavy atom. The highest BCUT2D eigenvalue weighted by atomic mass is 35.5. The number of benzene rings is 1. The highest BCUT2D eigenvalue weighted by Crippen LogP contribution is 2.64. The molecule has 2 bridgehead atoms. The van der Waals surface area contributed by atoms with E-state index in [9.17, 15) is 19.5 Å². The first kappa shape index (κ1) is 26.4. The third kappa shape index (κ3) is 3.78. The van der Waals surface area contributed by atoms with Crippen molar-refractivity contribution >= 4 is 35.0 Å². The summed E-state index contributed by atoms with van der Waals surface area (Å²) in [6, 6.07) is 5.99. The van der Waals surface area contributed by atoms with E-state index in [-0.39, 0.29) is 37.4 Å². The van der Waals surface area contributed by atoms with Crippen molar-refractivity contribution in [1.29, 1.82) is 0 Å². The van der Waals surface area contributed by atoms with Gasteiger partial charge in [-0.1, -0.05) is 42.8 Å². The fourth-order valence-corrected chi connectivity index (χ4v) is 6.73. The molecule has 0 aliphatic carbocycles. The first-order valence-electron chi connectivity index (χ1n) is 12.4. The maximum Gasteiger partial charge on any atom is 0.253 e. The number of para-hydroxylation sites is 1. The van der Waals surface area contributed by atoms with Gasteiger partial charge in [0.05, 0.1) is 34.8 Å². The van der Waals surface area contributed by atoms with Crippen LogP contribution in [-0.4, -0.2) is 83.2 Å². The van der Waals surface area contributed by atoms with Crippen molar-refractivity contribution in [3.63, 3.8) is 0 Å². The summed E-state index contributed by atoms with van der Waals surface area (Å²) in [4.78, 5) is 46.4. The Hall–Kier alpha value is -2.68. The van der Waals surface area contributed by atoms with E-state index in [0.29, 0.717) is 36.5 Å². The Bertz CT molecular complexity index is 1080. The molecule has 3 fully saturated rings. The highest BCUT2D eigenvalue weighted by Gasteiger charge is 2.79. The Kier molecular flexibility index (Phi) is 7.33. The molecule has 1 N–H and O–H groups in total. The van der Waals surface area contributed by atoms with Gasteiger partial charge in [-0.25, -0.2) is 0 Å². The Balaban J connectivity index is 1.83. The third-order valence-electron chi connectivity index (χ3n) is 8.02. The fraction of sp³-hybridized carbons (Fsp3) is 0.519. The van der Waals surface area contributed by atoms with Gasteiger partial charge in [0.1, 0.15) is 11.6 Å². The highest BCUT2D eigenvalue weighted by molar-refractivity contribution is 6.34. The minimum Gasteiger partial charge on any atom is -0.395 e. The number of carbonyl (C=O) groups excluding carboxylic acids is 3. The van der Waals surface area contributed by atoms with Crippen molar-refractivity contribution in [3.8, 4) is 0 Å². The van der Waals surface area contributed by atoms with Crippen LogP contribution in [0.2, 0.25) is 5.02 Å². The van der Waals surface area contributed by atoms with E-state index in [1.54, 1.807) is 48.4 Å². The predicted octanol–water partition coefficient (Wildman–Crippen LogP) is 2.65. The molecule has 1 spiro atoms. The molecule has 0 saturated carbocycles. The molecule has 2 unspecified atom stereocenters. The van der Waals surface area contributed by atoms with Gasteiger partial charge in [-0.2, -0.15) is 0 Å². The number of hydrogen-bond acceptors (Lipinski definition) is 5. The van der Waals surface area contributed by atoms with E-state index in [1.807, 2.05) is 6.92 Å². The van der Waals surface area contributed by atoms with Gasteiger partial charge in [0.25, 0.3) is 5.91 Å². The number of β-amino-alcohol motifs (C(OH)–C–C–N with tert-alkyl or cyclic N) is 1. The summed E-state index contributed by atoms with van der Waals surface area (Å²) >= 11 is 6.46. The van der Waals surface area contributed by atoms with Crippen LogP contribution in [0.3, 0.4) is 0 Å². The van der Waals surface area contributed by atoms with E-state index >= 15 is 0 Å². The normalized spacial score (nSPS) is 30.3. The second-order valence-corrected chi connectivity index (χ2v) is 10.2. The quantitative estimate of drug-likeness (QED) is 0.484. The number of hydrogen-bond donors (Lipinski definition) is 1. The van der Waals surface area contributed by atoms with Gasteiger partial charge in [0.2, 0.25) is 11.8 Å². The van der Waals surface area contributed by atoms with Crippen LogP contribution in [0.5, 0.6) is 0 Å². The molecule has 8 nitrogen and oxygen atoms in total. The molecule has 0 radical (unpaired) electrons. The molecule has 3 saturated heterocycles. The Morgan fingerprint density at radius 2 is 1.92 bits per heavy atom. The molecule has 3 aliphatic heterocycles. The molecule has 1 aromatic rings. The number of anilines is 1. The summed E-state index contributed by atoms with van der Waals surface area (Å²) in [5.74, 6) is -2.43. The monoisotopic (exact) mass is 515 g/mol. The van der Waals surface area contributed by atoms with Crippen LogP contribution in [0.15, 0.2) is 49.6 Å². The van der Waals surface area contributed by atoms with Gasteiger partial charge in [-0.15, -0.1) is 13.2 Å². The average molecular weight is 516 g/mol. The minimum atomic E-state index is -1.17. The number of likely N-dealkylation sites (tertiary alicyclic amines) is 1. The zero-order valence-corrected chi connectivity index (χ0v) is 21.6. The lowest BCUT2D eigenvalue weighted by Gasteiger charge is -2.36. The molecule has 5 atom stereocenters. The van der Waals surface area contributed by atoms with E-state index in [2.05, 4.69) is 13.2 Å². The fourth-order valence-electron chi connectivity index (χ4n) is 6.50. The zero-order valence-electron chi connectivity index (χ0n) is 20.9. The summed E-state index contributed by atoms with van der Waals surface area (Å²) < 4.78 is 6.73. The summed E-state index contributed by atoms with van der Waals surface area (Å²) in [6.07, 6.45) is 4.81. The predicted molar refractivity (Wildman–Crippen MR) is 137 cm³/mol. The number of likely N-dealkylation sites (N-methyl/N-ethyl adjacent to an activating group) is 1. The first-order valence-corrected chi connectivity index (χ1v) is 12.7. The van der Waals surface area contributed by atoms with Crippen LogP contribution < -0.4 is 4.90 Å². The number of aliphatic hydroxyl groups is 1. The zero-order chi connectivity index (χ0) is 26.3. The van der Waals surface area contributed by atoms with Crippen LogP contribution in [0.1, 0.15) is 26.2 Å². The Labute approximate surface area is 217 Å². The molecule has 3 heterocycles. The molecular formula is C27H34ClN3O5. The molecule has 36 heavy (non-hydrogen) atoms. The van der Waals surface area contributed by atoms with Crippen molar-refractivity contribution < 1.29 is 24.2 Å². The number of amides is 3. The molecular weight excluding hydrogens is 482 g/mol. The first-order chi connectivity index (χ1) is 17.2. The number of rotatable bonds is 10. The van der Waals surface area contributed by atoms with Gasteiger partial charge in [0.15, 0.2) is 0 Å². The van der Waals surface area contributed by atoms with Crippen LogP contribution in [0, 0.1) is 11.8 Å². The standard InChI is InChI=1S/C27H34ClN3O5/c1-5-14-29(4)23(33)20-21-24(34)31(16-17-32)22(27(21)13-12-26(20,7-3)36-27)25(35)30(15-6-2)19-11-9-8-10-18(19)28/h5-6,8-11,20-22,32H,1-2,7,12-17H2,3-4H3/t20-,21-,22?,26+,27?/m0/s1. The number of halogens is 1. The van der Waals surface area contributed by atoms with E-state index in [0.717, 1.165) is 0 Å². The van der Waals surface area contributed by atoms with Crippen LogP contribution in [-0.2, 0) is 19.1 Å². The van der Waals surface area contributed by atoms with Crippen molar-refractivity contribution in [1.82, 2.24) is 9.80 Å². The number of aliphatic hydroxyl groups excluding tert-OH is 1. The van der Waals surface area contributed by atoms with Crippen LogP contribution >= 0.6 is 11.6 Å². The van der Waals surface area contributed by atoms with Gasteiger partial charge >= 0.3 is 0 Å². The molecule has 0 aromatic heterocycles. The molecule has 1 aromatic carbocycles. The summed E-state index contributed by atoms with van der Waals surface area (Å²) in [5, 5.41) is 10.2. The van der Waals surface area contributed by atoms with Gasteiger partial charge < -0.3 is 24.5 Å².